The summed E-state index contributed by atoms with van der Waals surface area (Å²) >= 11 is 0. The van der Waals surface area contributed by atoms with Crippen molar-refractivity contribution in [1.82, 2.24) is 4.90 Å². The molecule has 0 aliphatic carbocycles. The number of nitrogens with two attached hydrogens (primary N) is 1. The van der Waals surface area contributed by atoms with E-state index >= 15 is 0 Å². The minimum atomic E-state index is -4.33. The molecule has 1 aliphatic heterocycles. The Bertz CT molecular complexity index is 204. The lowest BCUT2D eigenvalue weighted by atomic mass is 10.1. The molecular formula is C7H11F3N2O. The van der Waals surface area contributed by atoms with Crippen LogP contribution in [-0.4, -0.2) is 36.1 Å². The highest BCUT2D eigenvalue weighted by molar-refractivity contribution is 5.82. The van der Waals surface area contributed by atoms with Crippen molar-refractivity contribution in [1.29, 1.82) is 0 Å². The van der Waals surface area contributed by atoms with Gasteiger partial charge in [-0.25, -0.2) is 0 Å². The first-order valence-electron chi connectivity index (χ1n) is 4.01. The molecule has 1 aliphatic rings. The molecule has 0 aromatic rings. The molecule has 1 unspecified atom stereocenters. The molecule has 0 saturated carbocycles. The van der Waals surface area contributed by atoms with Crippen LogP contribution in [0.25, 0.3) is 0 Å². The smallest absolute Gasteiger partial charge is 0.332 e. The van der Waals surface area contributed by atoms with Crippen LogP contribution in [0.5, 0.6) is 0 Å². The summed E-state index contributed by atoms with van der Waals surface area (Å²) in [6, 6.07) is -0.754. The summed E-state index contributed by atoms with van der Waals surface area (Å²) < 4.78 is 35.7. The highest BCUT2D eigenvalue weighted by Crippen LogP contribution is 2.19. The fourth-order valence-electron chi connectivity index (χ4n) is 1.34. The third-order valence-electron chi connectivity index (χ3n) is 1.94. The largest absolute Gasteiger partial charge is 0.406 e. The topological polar surface area (TPSA) is 46.3 Å². The molecule has 0 spiro atoms. The number of hydrogen-bond donors (Lipinski definition) is 1. The van der Waals surface area contributed by atoms with E-state index in [2.05, 4.69) is 0 Å². The molecule has 1 rings (SSSR count). The number of carbonyl (C=O) groups is 1. The maximum atomic E-state index is 11.9. The fourth-order valence-corrected chi connectivity index (χ4v) is 1.34. The molecule has 1 heterocycles. The van der Waals surface area contributed by atoms with Crippen molar-refractivity contribution in [3.05, 3.63) is 0 Å². The van der Waals surface area contributed by atoms with Crippen LogP contribution in [-0.2, 0) is 4.79 Å². The molecule has 1 fully saturated rings. The molecule has 13 heavy (non-hydrogen) atoms. The number of hydrogen-bond acceptors (Lipinski definition) is 2. The summed E-state index contributed by atoms with van der Waals surface area (Å²) in [5.74, 6) is -0.594. The van der Waals surface area contributed by atoms with Crippen molar-refractivity contribution in [2.45, 2.75) is 25.1 Å². The number of halogens is 3. The summed E-state index contributed by atoms with van der Waals surface area (Å²) in [5.41, 5.74) is 5.33. The van der Waals surface area contributed by atoms with Gasteiger partial charge in [0.1, 0.15) is 6.54 Å². The van der Waals surface area contributed by atoms with Crippen LogP contribution in [0.2, 0.25) is 0 Å². The first kappa shape index (κ1) is 10.3. The average Bonchev–Trinajstić information content (AvgIpc) is 1.96. The van der Waals surface area contributed by atoms with Crippen LogP contribution < -0.4 is 5.73 Å². The summed E-state index contributed by atoms with van der Waals surface area (Å²) in [4.78, 5) is 11.9. The Hall–Kier alpha value is -0.780. The van der Waals surface area contributed by atoms with Crippen LogP contribution in [0.4, 0.5) is 13.2 Å². The zero-order valence-electron chi connectivity index (χ0n) is 6.97. The zero-order valence-corrected chi connectivity index (χ0v) is 6.97. The molecule has 0 aromatic heterocycles. The lowest BCUT2D eigenvalue weighted by Gasteiger charge is -2.30. The highest BCUT2D eigenvalue weighted by atomic mass is 19.4. The Balaban J connectivity index is 2.54. The van der Waals surface area contributed by atoms with Gasteiger partial charge in [0.25, 0.3) is 0 Å². The molecule has 1 atom stereocenters. The van der Waals surface area contributed by atoms with Gasteiger partial charge in [-0.2, -0.15) is 13.2 Å². The average molecular weight is 196 g/mol. The second-order valence-corrected chi connectivity index (χ2v) is 3.12. The molecule has 1 amide bonds. The first-order valence-corrected chi connectivity index (χ1v) is 4.01. The summed E-state index contributed by atoms with van der Waals surface area (Å²) in [5, 5.41) is 0. The molecule has 0 aromatic carbocycles. The van der Waals surface area contributed by atoms with Crippen molar-refractivity contribution in [3.63, 3.8) is 0 Å². The maximum Gasteiger partial charge on any atom is 0.406 e. The minimum Gasteiger partial charge on any atom is -0.332 e. The van der Waals surface area contributed by atoms with Crippen molar-refractivity contribution >= 4 is 5.91 Å². The van der Waals surface area contributed by atoms with Gasteiger partial charge >= 0.3 is 6.18 Å². The number of nitrogens with zero attached hydrogens (tertiary/aromatic N) is 1. The second-order valence-electron chi connectivity index (χ2n) is 3.12. The number of likely N-dealkylation sites (tertiary alicyclic amines) is 1. The van der Waals surface area contributed by atoms with E-state index in [1.54, 1.807) is 0 Å². The number of amides is 1. The molecule has 2 N–H and O–H groups in total. The van der Waals surface area contributed by atoms with Crippen LogP contribution in [0.3, 0.4) is 0 Å². The standard InChI is InChI=1S/C7H11F3N2O/c8-7(9,10)4-12-3-1-2-5(11)6(12)13/h5H,1-4,11H2. The normalized spacial score (nSPS) is 25.1. The SMILES string of the molecule is NC1CCCN(CC(F)(F)F)C1=O. The molecule has 76 valence electrons. The van der Waals surface area contributed by atoms with E-state index in [1.165, 1.54) is 0 Å². The summed E-state index contributed by atoms with van der Waals surface area (Å²) in [7, 11) is 0. The van der Waals surface area contributed by atoms with E-state index in [1.807, 2.05) is 0 Å². The molecule has 0 bridgehead atoms. The van der Waals surface area contributed by atoms with Gasteiger partial charge in [0.15, 0.2) is 0 Å². The van der Waals surface area contributed by atoms with Crippen LogP contribution in [0.15, 0.2) is 0 Å². The molecule has 0 radical (unpaired) electrons. The first-order chi connectivity index (χ1) is 5.90. The van der Waals surface area contributed by atoms with Gasteiger partial charge in [-0.3, -0.25) is 4.79 Å². The van der Waals surface area contributed by atoms with Crippen LogP contribution in [0.1, 0.15) is 12.8 Å². The lowest BCUT2D eigenvalue weighted by molar-refractivity contribution is -0.164. The van der Waals surface area contributed by atoms with Gasteiger partial charge in [0.05, 0.1) is 6.04 Å². The van der Waals surface area contributed by atoms with Gasteiger partial charge in [-0.1, -0.05) is 0 Å². The van der Waals surface area contributed by atoms with Crippen molar-refractivity contribution in [2.24, 2.45) is 5.73 Å². The summed E-state index contributed by atoms with van der Waals surface area (Å²) in [6.07, 6.45) is -3.30. The van der Waals surface area contributed by atoms with Crippen molar-refractivity contribution < 1.29 is 18.0 Å². The van der Waals surface area contributed by atoms with E-state index in [0.717, 1.165) is 4.90 Å². The fraction of sp³-hybridized carbons (Fsp3) is 0.857. The Kier molecular flexibility index (Phi) is 2.80. The van der Waals surface area contributed by atoms with Gasteiger partial charge in [-0.05, 0) is 12.8 Å². The Morgan fingerprint density at radius 2 is 2.15 bits per heavy atom. The number of alkyl halides is 3. The Morgan fingerprint density at radius 1 is 1.54 bits per heavy atom. The Labute approximate surface area is 73.7 Å². The predicted octanol–water partition coefficient (Wildman–Crippen LogP) is 0.498. The van der Waals surface area contributed by atoms with Gasteiger partial charge in [0, 0.05) is 6.54 Å². The molecule has 6 heteroatoms. The maximum absolute atomic E-state index is 11.9. The van der Waals surface area contributed by atoms with Crippen LogP contribution >= 0.6 is 0 Å². The third-order valence-corrected chi connectivity index (χ3v) is 1.94. The van der Waals surface area contributed by atoms with Gasteiger partial charge in [-0.15, -0.1) is 0 Å². The quantitative estimate of drug-likeness (QED) is 0.663. The third kappa shape index (κ3) is 2.87. The monoisotopic (exact) mass is 196 g/mol. The van der Waals surface area contributed by atoms with E-state index in [-0.39, 0.29) is 6.54 Å². The van der Waals surface area contributed by atoms with E-state index in [4.69, 9.17) is 5.73 Å². The highest BCUT2D eigenvalue weighted by Gasteiger charge is 2.35. The van der Waals surface area contributed by atoms with E-state index < -0.39 is 24.7 Å². The number of carbonyl (C=O) groups excluding carboxylic acids is 1. The number of piperidine rings is 1. The van der Waals surface area contributed by atoms with Gasteiger partial charge in [0.2, 0.25) is 5.91 Å². The Morgan fingerprint density at radius 3 is 2.69 bits per heavy atom. The van der Waals surface area contributed by atoms with E-state index in [0.29, 0.717) is 12.8 Å². The second kappa shape index (κ2) is 3.53. The van der Waals surface area contributed by atoms with E-state index in [9.17, 15) is 18.0 Å². The molecular weight excluding hydrogens is 185 g/mol. The van der Waals surface area contributed by atoms with Crippen molar-refractivity contribution in [2.75, 3.05) is 13.1 Å². The summed E-state index contributed by atoms with van der Waals surface area (Å²) in [6.45, 7) is -1.02. The predicted molar refractivity (Wildman–Crippen MR) is 39.8 cm³/mol. The zero-order chi connectivity index (χ0) is 10.1. The molecule has 1 saturated heterocycles. The number of rotatable bonds is 1. The van der Waals surface area contributed by atoms with Crippen LogP contribution in [0, 0.1) is 0 Å². The van der Waals surface area contributed by atoms with Gasteiger partial charge < -0.3 is 10.6 Å². The lowest BCUT2D eigenvalue weighted by Crippen LogP contribution is -2.51. The van der Waals surface area contributed by atoms with Crippen molar-refractivity contribution in [3.8, 4) is 0 Å². The molecule has 3 nitrogen and oxygen atoms in total. The minimum absolute atomic E-state index is 0.159.